The summed E-state index contributed by atoms with van der Waals surface area (Å²) in [7, 11) is 3.88. The fourth-order valence-electron chi connectivity index (χ4n) is 2.64. The minimum atomic E-state index is 0. The zero-order chi connectivity index (χ0) is 13.7. The molecule has 2 rings (SSSR count). The van der Waals surface area contributed by atoms with Crippen LogP contribution >= 0.6 is 24.0 Å². The summed E-state index contributed by atoms with van der Waals surface area (Å²) in [6.07, 6.45) is 9.36. The maximum atomic E-state index is 4.31. The fourth-order valence-corrected chi connectivity index (χ4v) is 2.64. The summed E-state index contributed by atoms with van der Waals surface area (Å²) in [5.41, 5.74) is 1.28. The average Bonchev–Trinajstić information content (AvgIpc) is 2.82. The van der Waals surface area contributed by atoms with Crippen LogP contribution in [0.3, 0.4) is 0 Å². The second kappa shape index (κ2) is 8.54. The number of nitrogens with zero attached hydrogens (tertiary/aromatic N) is 2. The van der Waals surface area contributed by atoms with Crippen molar-refractivity contribution < 1.29 is 0 Å². The Bertz CT molecular complexity index is 419. The molecule has 114 valence electrons. The molecule has 1 heterocycles. The Morgan fingerprint density at radius 3 is 2.60 bits per heavy atom. The summed E-state index contributed by atoms with van der Waals surface area (Å²) in [5.74, 6) is 1.81. The Morgan fingerprint density at radius 2 is 2.05 bits per heavy atom. The minimum absolute atomic E-state index is 0. The normalized spacial score (nSPS) is 23.1. The SMILES string of the molecule is CN=C(NCc1ccn(C)c1)NC1CCC(C)CC1.I. The number of guanidine groups is 1. The first-order valence-corrected chi connectivity index (χ1v) is 7.25. The van der Waals surface area contributed by atoms with Crippen molar-refractivity contribution in [2.24, 2.45) is 18.0 Å². The van der Waals surface area contributed by atoms with Gasteiger partial charge in [-0.2, -0.15) is 0 Å². The molecular formula is C15H27IN4. The van der Waals surface area contributed by atoms with Crippen LogP contribution in [-0.2, 0) is 13.6 Å². The zero-order valence-electron chi connectivity index (χ0n) is 12.7. The van der Waals surface area contributed by atoms with Gasteiger partial charge in [0.25, 0.3) is 0 Å². The van der Waals surface area contributed by atoms with Crippen LogP contribution in [0.2, 0.25) is 0 Å². The van der Waals surface area contributed by atoms with Gasteiger partial charge >= 0.3 is 0 Å². The Labute approximate surface area is 139 Å². The second-order valence-electron chi connectivity index (χ2n) is 5.71. The lowest BCUT2D eigenvalue weighted by atomic mass is 9.87. The third-order valence-corrected chi connectivity index (χ3v) is 3.93. The lowest BCUT2D eigenvalue weighted by molar-refractivity contribution is 0.329. The van der Waals surface area contributed by atoms with E-state index in [1.165, 1.54) is 31.2 Å². The number of rotatable bonds is 3. The third kappa shape index (κ3) is 5.34. The van der Waals surface area contributed by atoms with E-state index < -0.39 is 0 Å². The maximum absolute atomic E-state index is 4.31. The quantitative estimate of drug-likeness (QED) is 0.474. The van der Waals surface area contributed by atoms with Gasteiger partial charge in [-0.05, 0) is 43.2 Å². The van der Waals surface area contributed by atoms with E-state index >= 15 is 0 Å². The molecule has 5 heteroatoms. The van der Waals surface area contributed by atoms with Crippen molar-refractivity contribution in [1.29, 1.82) is 0 Å². The summed E-state index contributed by atoms with van der Waals surface area (Å²) in [6, 6.07) is 2.71. The third-order valence-electron chi connectivity index (χ3n) is 3.93. The summed E-state index contributed by atoms with van der Waals surface area (Å²) >= 11 is 0. The van der Waals surface area contributed by atoms with Gasteiger partial charge in [0.1, 0.15) is 0 Å². The first-order chi connectivity index (χ1) is 9.17. The molecule has 1 aliphatic carbocycles. The molecule has 0 atom stereocenters. The van der Waals surface area contributed by atoms with Gasteiger partial charge in [0.2, 0.25) is 0 Å². The van der Waals surface area contributed by atoms with E-state index in [4.69, 9.17) is 0 Å². The van der Waals surface area contributed by atoms with Gasteiger partial charge in [-0.25, -0.2) is 0 Å². The van der Waals surface area contributed by atoms with E-state index in [0.717, 1.165) is 18.4 Å². The zero-order valence-corrected chi connectivity index (χ0v) is 15.1. The van der Waals surface area contributed by atoms with Crippen molar-refractivity contribution in [3.8, 4) is 0 Å². The molecule has 1 aromatic rings. The summed E-state index contributed by atoms with van der Waals surface area (Å²) in [4.78, 5) is 4.31. The molecule has 0 aromatic carbocycles. The first-order valence-electron chi connectivity index (χ1n) is 7.25. The molecule has 20 heavy (non-hydrogen) atoms. The number of hydrogen-bond donors (Lipinski definition) is 2. The molecule has 2 N–H and O–H groups in total. The highest BCUT2D eigenvalue weighted by molar-refractivity contribution is 14.0. The van der Waals surface area contributed by atoms with Gasteiger partial charge in [-0.15, -0.1) is 24.0 Å². The molecule has 4 nitrogen and oxygen atoms in total. The molecule has 0 aliphatic heterocycles. The standard InChI is InChI=1S/C15H26N4.HI/c1-12-4-6-14(7-5-12)18-15(16-2)17-10-13-8-9-19(3)11-13;/h8-9,11-12,14H,4-7,10H2,1-3H3,(H2,16,17,18);1H. The molecule has 1 aromatic heterocycles. The van der Waals surface area contributed by atoms with Crippen molar-refractivity contribution in [2.45, 2.75) is 45.2 Å². The molecule has 0 amide bonds. The molecule has 1 aliphatic rings. The summed E-state index contributed by atoms with van der Waals surface area (Å²) < 4.78 is 2.07. The van der Waals surface area contributed by atoms with Gasteiger partial charge in [0.15, 0.2) is 5.96 Å². The lowest BCUT2D eigenvalue weighted by Gasteiger charge is -2.28. The number of halogens is 1. The van der Waals surface area contributed by atoms with Crippen LogP contribution in [0.15, 0.2) is 23.5 Å². The molecular weight excluding hydrogens is 363 g/mol. The van der Waals surface area contributed by atoms with Crippen LogP contribution in [0.1, 0.15) is 38.2 Å². The van der Waals surface area contributed by atoms with Crippen LogP contribution in [-0.4, -0.2) is 23.6 Å². The smallest absolute Gasteiger partial charge is 0.191 e. The molecule has 1 saturated carbocycles. The van der Waals surface area contributed by atoms with Gasteiger partial charge in [0, 0.05) is 39.1 Å². The van der Waals surface area contributed by atoms with E-state index in [0.29, 0.717) is 6.04 Å². The van der Waals surface area contributed by atoms with Gasteiger partial charge in [0.05, 0.1) is 0 Å². The van der Waals surface area contributed by atoms with Crippen molar-refractivity contribution >= 4 is 29.9 Å². The van der Waals surface area contributed by atoms with Gasteiger partial charge in [-0.1, -0.05) is 6.92 Å². The van der Waals surface area contributed by atoms with E-state index in [2.05, 4.69) is 45.6 Å². The highest BCUT2D eigenvalue weighted by atomic mass is 127. The predicted molar refractivity (Wildman–Crippen MR) is 95.6 cm³/mol. The molecule has 0 bridgehead atoms. The van der Waals surface area contributed by atoms with Crippen molar-refractivity contribution in [1.82, 2.24) is 15.2 Å². The monoisotopic (exact) mass is 390 g/mol. The van der Waals surface area contributed by atoms with E-state index in [1.54, 1.807) is 0 Å². The fraction of sp³-hybridized carbons (Fsp3) is 0.667. The summed E-state index contributed by atoms with van der Waals surface area (Å²) in [6.45, 7) is 3.17. The number of nitrogens with one attached hydrogen (secondary N) is 2. The highest BCUT2D eigenvalue weighted by Crippen LogP contribution is 2.23. The number of hydrogen-bond acceptors (Lipinski definition) is 1. The molecule has 0 unspecified atom stereocenters. The predicted octanol–water partition coefficient (Wildman–Crippen LogP) is 2.89. The Kier molecular flexibility index (Phi) is 7.40. The largest absolute Gasteiger partial charge is 0.357 e. The van der Waals surface area contributed by atoms with E-state index in [9.17, 15) is 0 Å². The van der Waals surface area contributed by atoms with Crippen LogP contribution in [0.25, 0.3) is 0 Å². The van der Waals surface area contributed by atoms with Crippen LogP contribution < -0.4 is 10.6 Å². The van der Waals surface area contributed by atoms with Crippen LogP contribution in [0.5, 0.6) is 0 Å². The summed E-state index contributed by atoms with van der Waals surface area (Å²) in [5, 5.41) is 6.92. The molecule has 1 fully saturated rings. The van der Waals surface area contributed by atoms with Crippen LogP contribution in [0.4, 0.5) is 0 Å². The van der Waals surface area contributed by atoms with E-state index in [-0.39, 0.29) is 24.0 Å². The van der Waals surface area contributed by atoms with Crippen molar-refractivity contribution in [3.63, 3.8) is 0 Å². The van der Waals surface area contributed by atoms with E-state index in [1.807, 2.05) is 14.1 Å². The van der Waals surface area contributed by atoms with Gasteiger partial charge in [-0.3, -0.25) is 4.99 Å². The molecule has 0 spiro atoms. The number of aromatic nitrogens is 1. The van der Waals surface area contributed by atoms with Crippen molar-refractivity contribution in [2.75, 3.05) is 7.05 Å². The second-order valence-corrected chi connectivity index (χ2v) is 5.71. The Balaban J connectivity index is 0.00000200. The van der Waals surface area contributed by atoms with Crippen LogP contribution in [0, 0.1) is 5.92 Å². The maximum Gasteiger partial charge on any atom is 0.191 e. The molecule has 0 saturated heterocycles. The minimum Gasteiger partial charge on any atom is -0.357 e. The highest BCUT2D eigenvalue weighted by Gasteiger charge is 2.18. The lowest BCUT2D eigenvalue weighted by Crippen LogP contribution is -2.44. The topological polar surface area (TPSA) is 41.4 Å². The van der Waals surface area contributed by atoms with Gasteiger partial charge < -0.3 is 15.2 Å². The first kappa shape index (κ1) is 17.3. The Hall–Kier alpha value is -0.720. The number of aryl methyl sites for hydroxylation is 1. The Morgan fingerprint density at radius 1 is 1.35 bits per heavy atom. The number of aliphatic imine (C=N–C) groups is 1. The average molecular weight is 390 g/mol. The molecule has 0 radical (unpaired) electrons. The van der Waals surface area contributed by atoms with Crippen molar-refractivity contribution in [3.05, 3.63) is 24.0 Å².